The lowest BCUT2D eigenvalue weighted by atomic mass is 9.78. The minimum Gasteiger partial charge on any atom is -0.374 e. The van der Waals surface area contributed by atoms with Crippen molar-refractivity contribution in [3.05, 3.63) is 24.3 Å². The molecule has 1 unspecified atom stereocenters. The van der Waals surface area contributed by atoms with Crippen LogP contribution in [0, 0.1) is 5.41 Å². The maximum Gasteiger partial charge on any atom is 0.249 e. The van der Waals surface area contributed by atoms with Gasteiger partial charge in [0.2, 0.25) is 11.8 Å². The molecule has 0 aromatic heterocycles. The molecule has 1 atom stereocenters. The summed E-state index contributed by atoms with van der Waals surface area (Å²) < 4.78 is 0. The van der Waals surface area contributed by atoms with Crippen LogP contribution in [0.25, 0.3) is 0 Å². The van der Waals surface area contributed by atoms with E-state index in [2.05, 4.69) is 33.0 Å². The first-order chi connectivity index (χ1) is 12.1. The van der Waals surface area contributed by atoms with Crippen molar-refractivity contribution >= 4 is 23.2 Å². The maximum atomic E-state index is 11.9. The Labute approximate surface area is 148 Å². The number of carbonyl (C=O) groups excluding carboxylic acids is 2. The van der Waals surface area contributed by atoms with E-state index in [9.17, 15) is 9.59 Å². The van der Waals surface area contributed by atoms with Gasteiger partial charge in [0.1, 0.15) is 6.04 Å². The lowest BCUT2D eigenvalue weighted by molar-refractivity contribution is -0.133. The summed E-state index contributed by atoms with van der Waals surface area (Å²) in [7, 11) is 0. The summed E-state index contributed by atoms with van der Waals surface area (Å²) in [6.07, 6.45) is 4.73. The summed E-state index contributed by atoms with van der Waals surface area (Å²) in [5, 5.41) is 9.19. The van der Waals surface area contributed by atoms with Crippen molar-refractivity contribution in [1.29, 1.82) is 0 Å². The predicted molar refractivity (Wildman–Crippen MR) is 97.6 cm³/mol. The quantitative estimate of drug-likeness (QED) is 0.726. The number of nitrogens with zero attached hydrogens (tertiary/aromatic N) is 1. The van der Waals surface area contributed by atoms with Crippen molar-refractivity contribution < 1.29 is 9.59 Å². The molecule has 3 aliphatic heterocycles. The van der Waals surface area contributed by atoms with Gasteiger partial charge in [-0.15, -0.1) is 0 Å². The molecule has 6 heteroatoms. The average Bonchev–Trinajstić information content (AvgIpc) is 3.06. The Balaban J connectivity index is 1.40. The molecule has 6 nitrogen and oxygen atoms in total. The van der Waals surface area contributed by atoms with Crippen LogP contribution in [0.5, 0.6) is 0 Å². The predicted octanol–water partition coefficient (Wildman–Crippen LogP) is 1.48. The number of hydrogen-bond acceptors (Lipinski definition) is 5. The van der Waals surface area contributed by atoms with Crippen molar-refractivity contribution in [2.45, 2.75) is 38.1 Å². The summed E-state index contributed by atoms with van der Waals surface area (Å²) in [6.45, 7) is 4.50. The smallest absolute Gasteiger partial charge is 0.249 e. The fourth-order valence-corrected chi connectivity index (χ4v) is 4.29. The molecular formula is C19H26N4O2. The third kappa shape index (κ3) is 3.49. The fourth-order valence-electron chi connectivity index (χ4n) is 4.29. The van der Waals surface area contributed by atoms with Crippen molar-refractivity contribution in [1.82, 2.24) is 10.6 Å². The van der Waals surface area contributed by atoms with E-state index in [1.165, 1.54) is 24.9 Å². The zero-order chi connectivity index (χ0) is 17.3. The molecule has 1 spiro atoms. The molecular weight excluding hydrogens is 316 g/mol. The summed E-state index contributed by atoms with van der Waals surface area (Å²) in [4.78, 5) is 25.6. The molecule has 1 aromatic carbocycles. The molecule has 0 saturated carbocycles. The highest BCUT2D eigenvalue weighted by Crippen LogP contribution is 2.38. The van der Waals surface area contributed by atoms with Gasteiger partial charge in [0.15, 0.2) is 0 Å². The Morgan fingerprint density at radius 1 is 1.16 bits per heavy atom. The topological polar surface area (TPSA) is 73.5 Å². The highest BCUT2D eigenvalue weighted by molar-refractivity contribution is 6.01. The van der Waals surface area contributed by atoms with E-state index >= 15 is 0 Å². The summed E-state index contributed by atoms with van der Waals surface area (Å²) >= 11 is 0. The maximum absolute atomic E-state index is 11.9. The Morgan fingerprint density at radius 2 is 2.00 bits per heavy atom. The van der Waals surface area contributed by atoms with Gasteiger partial charge in [-0.05, 0) is 55.8 Å². The van der Waals surface area contributed by atoms with Gasteiger partial charge < -0.3 is 15.5 Å². The number of anilines is 2. The van der Waals surface area contributed by atoms with Gasteiger partial charge in [0, 0.05) is 37.4 Å². The Kier molecular flexibility index (Phi) is 4.37. The first kappa shape index (κ1) is 16.4. The molecule has 0 radical (unpaired) electrons. The second kappa shape index (κ2) is 6.67. The number of hydrogen-bond donors (Lipinski definition) is 3. The zero-order valence-corrected chi connectivity index (χ0v) is 14.5. The van der Waals surface area contributed by atoms with E-state index in [0.29, 0.717) is 18.3 Å². The Morgan fingerprint density at radius 3 is 2.72 bits per heavy atom. The normalized spacial score (nSPS) is 25.9. The highest BCUT2D eigenvalue weighted by Gasteiger charge is 2.37. The summed E-state index contributed by atoms with van der Waals surface area (Å²) in [6, 6.07) is 7.95. The average molecular weight is 342 g/mol. The SMILES string of the molecule is O=C1CCC(Nc2cccc(N3CCC4(CCNC4)CC3)c2)C(=O)N1. The first-order valence-electron chi connectivity index (χ1n) is 9.30. The molecule has 0 bridgehead atoms. The van der Waals surface area contributed by atoms with Crippen LogP contribution in [0.15, 0.2) is 24.3 Å². The standard InChI is InChI=1S/C19H26N4O2/c24-17-5-4-16(18(25)22-17)21-14-2-1-3-15(12-14)23-10-7-19(8-11-23)6-9-20-13-19/h1-3,12,16,20-21H,4-11,13H2,(H,22,24,25). The molecule has 4 rings (SSSR count). The van der Waals surface area contributed by atoms with E-state index in [0.717, 1.165) is 31.9 Å². The van der Waals surface area contributed by atoms with E-state index in [-0.39, 0.29) is 17.9 Å². The van der Waals surface area contributed by atoms with Crippen LogP contribution >= 0.6 is 0 Å². The summed E-state index contributed by atoms with van der Waals surface area (Å²) in [5.41, 5.74) is 2.66. The van der Waals surface area contributed by atoms with Crippen LogP contribution in [-0.2, 0) is 9.59 Å². The molecule has 3 aliphatic rings. The van der Waals surface area contributed by atoms with Crippen LogP contribution in [0.1, 0.15) is 32.1 Å². The van der Waals surface area contributed by atoms with Crippen LogP contribution in [0.3, 0.4) is 0 Å². The van der Waals surface area contributed by atoms with Gasteiger partial charge in [-0.2, -0.15) is 0 Å². The number of amides is 2. The fraction of sp³-hybridized carbons (Fsp3) is 0.579. The molecule has 3 heterocycles. The molecule has 3 saturated heterocycles. The van der Waals surface area contributed by atoms with Gasteiger partial charge in [0.05, 0.1) is 0 Å². The molecule has 134 valence electrons. The third-order valence-electron chi connectivity index (χ3n) is 5.95. The number of nitrogens with one attached hydrogen (secondary N) is 3. The van der Waals surface area contributed by atoms with Crippen molar-refractivity contribution in [3.8, 4) is 0 Å². The second-order valence-corrected chi connectivity index (χ2v) is 7.61. The monoisotopic (exact) mass is 342 g/mol. The molecule has 0 aliphatic carbocycles. The second-order valence-electron chi connectivity index (χ2n) is 7.61. The largest absolute Gasteiger partial charge is 0.374 e. The van der Waals surface area contributed by atoms with Crippen molar-refractivity contribution in [2.75, 3.05) is 36.4 Å². The van der Waals surface area contributed by atoms with Gasteiger partial charge >= 0.3 is 0 Å². The number of benzene rings is 1. The van der Waals surface area contributed by atoms with E-state index < -0.39 is 0 Å². The highest BCUT2D eigenvalue weighted by atomic mass is 16.2. The summed E-state index contributed by atoms with van der Waals surface area (Å²) in [5.74, 6) is -0.407. The van der Waals surface area contributed by atoms with E-state index in [4.69, 9.17) is 0 Å². The van der Waals surface area contributed by atoms with Gasteiger partial charge in [-0.1, -0.05) is 6.07 Å². The zero-order valence-electron chi connectivity index (χ0n) is 14.5. The third-order valence-corrected chi connectivity index (χ3v) is 5.95. The Bertz CT molecular complexity index is 659. The number of imide groups is 1. The minimum atomic E-state index is -0.331. The molecule has 3 fully saturated rings. The van der Waals surface area contributed by atoms with Gasteiger partial charge in [0.25, 0.3) is 0 Å². The van der Waals surface area contributed by atoms with Crippen LogP contribution in [0.4, 0.5) is 11.4 Å². The van der Waals surface area contributed by atoms with E-state index in [1.54, 1.807) is 0 Å². The number of carbonyl (C=O) groups is 2. The lowest BCUT2D eigenvalue weighted by Gasteiger charge is -2.40. The van der Waals surface area contributed by atoms with Gasteiger partial charge in [-0.3, -0.25) is 14.9 Å². The van der Waals surface area contributed by atoms with E-state index in [1.807, 2.05) is 12.1 Å². The van der Waals surface area contributed by atoms with Crippen molar-refractivity contribution in [3.63, 3.8) is 0 Å². The first-order valence-corrected chi connectivity index (χ1v) is 9.30. The Hall–Kier alpha value is -2.08. The number of piperidine rings is 2. The van der Waals surface area contributed by atoms with Gasteiger partial charge in [-0.25, -0.2) is 0 Å². The molecule has 3 N–H and O–H groups in total. The minimum absolute atomic E-state index is 0.180. The lowest BCUT2D eigenvalue weighted by Crippen LogP contribution is -2.47. The van der Waals surface area contributed by atoms with Crippen LogP contribution < -0.4 is 20.9 Å². The molecule has 1 aromatic rings. The molecule has 25 heavy (non-hydrogen) atoms. The van der Waals surface area contributed by atoms with Crippen LogP contribution in [0.2, 0.25) is 0 Å². The van der Waals surface area contributed by atoms with Crippen molar-refractivity contribution in [2.24, 2.45) is 5.41 Å². The molecule has 2 amide bonds. The van der Waals surface area contributed by atoms with Crippen LogP contribution in [-0.4, -0.2) is 44.0 Å². The number of rotatable bonds is 3.